The first kappa shape index (κ1) is 8.78. The molecule has 0 saturated heterocycles. The molecule has 0 amide bonds. The number of carboxylic acid groups (broad SMARTS) is 1. The van der Waals surface area contributed by atoms with Crippen molar-refractivity contribution in [2.24, 2.45) is 5.11 Å². The molecule has 10 heavy (non-hydrogen) atoms. The van der Waals surface area contributed by atoms with Crippen LogP contribution in [0.4, 0.5) is 0 Å². The molecule has 0 rings (SSSR count). The molecule has 5 nitrogen and oxygen atoms in total. The Hall–Kier alpha value is -1.22. The summed E-state index contributed by atoms with van der Waals surface area (Å²) in [6, 6.07) is 0. The van der Waals surface area contributed by atoms with Gasteiger partial charge in [0.1, 0.15) is 17.2 Å². The third kappa shape index (κ3) is 6.78. The molecule has 0 atom stereocenters. The lowest BCUT2D eigenvalue weighted by Gasteiger charge is -1.96. The van der Waals surface area contributed by atoms with Crippen LogP contribution >= 0.6 is 0 Å². The lowest BCUT2D eigenvalue weighted by molar-refractivity contribution is -0.305. The lowest BCUT2D eigenvalue weighted by atomic mass is 10.2. The molecule has 0 fully saturated rings. The van der Waals surface area contributed by atoms with Gasteiger partial charge in [-0.25, -0.2) is 0 Å². The predicted octanol–water partition coefficient (Wildman–Crippen LogP) is -0.543. The molecule has 0 bridgehead atoms. The van der Waals surface area contributed by atoms with Gasteiger partial charge in [0.25, 0.3) is 0 Å². The highest BCUT2D eigenvalue weighted by molar-refractivity contribution is 5.63. The Kier molecular flexibility index (Phi) is 5.19. The Morgan fingerprint density at radius 2 is 2.30 bits per heavy atom. The minimum atomic E-state index is -1.04. The van der Waals surface area contributed by atoms with Crippen molar-refractivity contribution in [1.29, 1.82) is 5.53 Å². The maximum atomic E-state index is 9.83. The third-order valence-corrected chi connectivity index (χ3v) is 0.960. The number of carboxylic acids is 1. The quantitative estimate of drug-likeness (QED) is 0.318. The van der Waals surface area contributed by atoms with E-state index in [1.165, 1.54) is 0 Å². The molecule has 0 spiro atoms. The van der Waals surface area contributed by atoms with Crippen LogP contribution in [0.5, 0.6) is 0 Å². The number of nitrogens with one attached hydrogen (secondary N) is 1. The van der Waals surface area contributed by atoms with E-state index in [2.05, 4.69) is 10.0 Å². The monoisotopic (exact) mass is 143 g/mol. The van der Waals surface area contributed by atoms with Crippen LogP contribution < -0.4 is 10.0 Å². The van der Waals surface area contributed by atoms with E-state index in [9.17, 15) is 9.90 Å². The number of hydrogen-bond acceptors (Lipinski definition) is 4. The zero-order valence-electron chi connectivity index (χ0n) is 5.54. The van der Waals surface area contributed by atoms with Gasteiger partial charge in [-0.15, -0.1) is 0 Å². The van der Waals surface area contributed by atoms with E-state index in [0.717, 1.165) is 0 Å². The van der Waals surface area contributed by atoms with Gasteiger partial charge in [0.2, 0.25) is 4.91 Å². The van der Waals surface area contributed by atoms with Crippen LogP contribution in [0, 0.1) is 5.53 Å². The summed E-state index contributed by atoms with van der Waals surface area (Å²) in [5, 5.41) is 13.2. The molecule has 0 aromatic rings. The normalized spacial score (nSPS) is 8.40. The van der Waals surface area contributed by atoms with Crippen LogP contribution in [-0.4, -0.2) is 12.5 Å². The number of nitrogens with zero attached hydrogens (tertiary/aromatic N) is 2. The zero-order chi connectivity index (χ0) is 7.82. The van der Waals surface area contributed by atoms with Crippen molar-refractivity contribution in [2.75, 3.05) is 6.54 Å². The summed E-state index contributed by atoms with van der Waals surface area (Å²) < 4.78 is 0. The standard InChI is InChI=1S/C5H9N3O2/c6-8-7-4-2-1-3-5(9)10/h6H,1-4H2. The number of hydrogen-bond donors (Lipinski definition) is 1. The van der Waals surface area contributed by atoms with E-state index in [0.29, 0.717) is 19.4 Å². The number of carbonyl (C=O) groups excluding carboxylic acids is 1. The second-order valence-electron chi connectivity index (χ2n) is 1.79. The third-order valence-electron chi connectivity index (χ3n) is 0.960. The van der Waals surface area contributed by atoms with Gasteiger partial charge in [-0.3, -0.25) is 0 Å². The summed E-state index contributed by atoms with van der Waals surface area (Å²) in [7, 11) is 0. The topological polar surface area (TPSA) is 90.4 Å². The average molecular weight is 143 g/mol. The molecule has 0 saturated carbocycles. The number of aliphatic carboxylic acids is 1. The van der Waals surface area contributed by atoms with Crippen LogP contribution in [-0.2, 0) is 4.79 Å². The molecule has 0 aliphatic rings. The fourth-order valence-electron chi connectivity index (χ4n) is 0.502. The Morgan fingerprint density at radius 1 is 1.60 bits per heavy atom. The first-order chi connectivity index (χ1) is 4.77. The molecule has 1 N–H and O–H groups in total. The average Bonchev–Trinajstić information content (AvgIpc) is 1.87. The van der Waals surface area contributed by atoms with Gasteiger partial charge in [0.05, 0.1) is 0 Å². The van der Waals surface area contributed by atoms with Crippen molar-refractivity contribution in [3.8, 4) is 0 Å². The minimum Gasteiger partial charge on any atom is -0.550 e. The van der Waals surface area contributed by atoms with Gasteiger partial charge < -0.3 is 9.90 Å². The fraction of sp³-hybridized carbons (Fsp3) is 0.800. The van der Waals surface area contributed by atoms with Crippen LogP contribution in [0.3, 0.4) is 0 Å². The van der Waals surface area contributed by atoms with Crippen molar-refractivity contribution >= 4 is 5.97 Å². The number of rotatable bonds is 5. The van der Waals surface area contributed by atoms with Crippen molar-refractivity contribution in [1.82, 2.24) is 4.91 Å². The number of unbranched alkanes of at least 4 members (excludes halogenated alkanes) is 1. The Balaban J connectivity index is 3.05. The highest BCUT2D eigenvalue weighted by Crippen LogP contribution is 1.92. The van der Waals surface area contributed by atoms with Gasteiger partial charge in [-0.1, -0.05) is 0 Å². The van der Waals surface area contributed by atoms with Crippen LogP contribution in [0.1, 0.15) is 19.3 Å². The summed E-state index contributed by atoms with van der Waals surface area (Å²) >= 11 is 0. The van der Waals surface area contributed by atoms with Crippen LogP contribution in [0.2, 0.25) is 0 Å². The summed E-state index contributed by atoms with van der Waals surface area (Å²) in [5.41, 5.74) is 6.25. The molecule has 0 aromatic carbocycles. The van der Waals surface area contributed by atoms with Gasteiger partial charge in [0, 0.05) is 5.97 Å². The Bertz CT molecular complexity index is 147. The number of carbonyl (C=O) groups is 1. The first-order valence-electron chi connectivity index (χ1n) is 3.00. The van der Waals surface area contributed by atoms with E-state index in [-0.39, 0.29) is 6.42 Å². The van der Waals surface area contributed by atoms with Gasteiger partial charge in [-0.2, -0.15) is 0 Å². The van der Waals surface area contributed by atoms with E-state index in [4.69, 9.17) is 5.53 Å². The van der Waals surface area contributed by atoms with Gasteiger partial charge in [0.15, 0.2) is 0 Å². The largest absolute Gasteiger partial charge is 0.550 e. The van der Waals surface area contributed by atoms with Crippen molar-refractivity contribution in [3.05, 3.63) is 0 Å². The first-order valence-corrected chi connectivity index (χ1v) is 3.00. The zero-order valence-corrected chi connectivity index (χ0v) is 5.54. The molecule has 0 unspecified atom stereocenters. The van der Waals surface area contributed by atoms with E-state index in [1.807, 2.05) is 0 Å². The fourth-order valence-corrected chi connectivity index (χ4v) is 0.502. The second kappa shape index (κ2) is 5.91. The molecule has 5 heteroatoms. The summed E-state index contributed by atoms with van der Waals surface area (Å²) in [5.74, 6) is -1.04. The Morgan fingerprint density at radius 3 is 2.80 bits per heavy atom. The molecule has 0 heterocycles. The summed E-state index contributed by atoms with van der Waals surface area (Å²) in [6.45, 7) is 0.427. The molecule has 0 aliphatic carbocycles. The predicted molar refractivity (Wildman–Crippen MR) is 31.0 cm³/mol. The minimum absolute atomic E-state index is 0.0630. The molecular weight excluding hydrogens is 134 g/mol. The second-order valence-corrected chi connectivity index (χ2v) is 1.79. The highest BCUT2D eigenvalue weighted by Gasteiger charge is 1.90. The maximum Gasteiger partial charge on any atom is 0.214 e. The Labute approximate surface area is 58.3 Å². The smallest absolute Gasteiger partial charge is 0.214 e. The molecule has 56 valence electrons. The van der Waals surface area contributed by atoms with E-state index in [1.54, 1.807) is 0 Å². The molecular formula is C5H9N3O2. The van der Waals surface area contributed by atoms with Crippen molar-refractivity contribution in [3.63, 3.8) is 0 Å². The van der Waals surface area contributed by atoms with Gasteiger partial charge >= 0.3 is 0 Å². The van der Waals surface area contributed by atoms with Crippen LogP contribution in [0.25, 0.3) is 0 Å². The highest BCUT2D eigenvalue weighted by atomic mass is 16.4. The molecule has 0 aromatic heterocycles. The maximum absolute atomic E-state index is 9.83. The van der Waals surface area contributed by atoms with Gasteiger partial charge in [-0.05, 0) is 19.3 Å². The van der Waals surface area contributed by atoms with Crippen molar-refractivity contribution in [2.45, 2.75) is 19.3 Å². The van der Waals surface area contributed by atoms with Crippen molar-refractivity contribution < 1.29 is 9.90 Å². The SMILES string of the molecule is N=[N+]=NCCCCC(=O)[O-]. The van der Waals surface area contributed by atoms with E-state index >= 15 is 0 Å². The summed E-state index contributed by atoms with van der Waals surface area (Å²) in [4.78, 5) is 12.6. The molecule has 0 radical (unpaired) electrons. The van der Waals surface area contributed by atoms with E-state index < -0.39 is 5.97 Å². The summed E-state index contributed by atoms with van der Waals surface area (Å²) in [6.07, 6.45) is 1.26. The molecule has 0 aliphatic heterocycles. The lowest BCUT2D eigenvalue weighted by Crippen LogP contribution is -2.21. The van der Waals surface area contributed by atoms with Crippen LogP contribution in [0.15, 0.2) is 5.11 Å².